The van der Waals surface area contributed by atoms with E-state index in [4.69, 9.17) is 5.11 Å². The van der Waals surface area contributed by atoms with E-state index in [0.717, 1.165) is 12.1 Å². The molecule has 0 aliphatic carbocycles. The van der Waals surface area contributed by atoms with Crippen LogP contribution in [0, 0.1) is 0 Å². The van der Waals surface area contributed by atoms with Crippen molar-refractivity contribution in [1.29, 1.82) is 0 Å². The van der Waals surface area contributed by atoms with Crippen molar-refractivity contribution in [3.63, 3.8) is 0 Å². The molecule has 2 aromatic rings. The van der Waals surface area contributed by atoms with Crippen molar-refractivity contribution in [2.45, 2.75) is 0 Å². The summed E-state index contributed by atoms with van der Waals surface area (Å²) in [5.74, 6) is -2.36. The molecular formula is C12H9NO5. The lowest BCUT2D eigenvalue weighted by Gasteiger charge is -2.05. The fraction of sp³-hybridized carbons (Fsp3) is 0. The van der Waals surface area contributed by atoms with Gasteiger partial charge in [-0.15, -0.1) is 0 Å². The first-order valence-electron chi connectivity index (χ1n) is 4.97. The van der Waals surface area contributed by atoms with Gasteiger partial charge in [-0.3, -0.25) is 9.59 Å². The maximum absolute atomic E-state index is 12.0. The van der Waals surface area contributed by atoms with Crippen LogP contribution in [0.3, 0.4) is 0 Å². The Morgan fingerprint density at radius 1 is 1.00 bits per heavy atom. The molecular weight excluding hydrogens is 238 g/mol. The zero-order valence-electron chi connectivity index (χ0n) is 9.04. The molecule has 0 atom stereocenters. The Hall–Kier alpha value is -2.76. The Morgan fingerprint density at radius 3 is 2.33 bits per heavy atom. The normalized spacial score (nSPS) is 10.2. The van der Waals surface area contributed by atoms with Gasteiger partial charge in [-0.05, 0) is 6.07 Å². The zero-order chi connectivity index (χ0) is 13.3. The molecule has 6 nitrogen and oxygen atoms in total. The van der Waals surface area contributed by atoms with Gasteiger partial charge >= 0.3 is 0 Å². The Bertz CT molecular complexity index is 674. The number of benzene rings is 1. The summed E-state index contributed by atoms with van der Waals surface area (Å²) in [4.78, 5) is 26.0. The second kappa shape index (κ2) is 4.25. The molecule has 0 saturated heterocycles. The van der Waals surface area contributed by atoms with Crippen LogP contribution in [-0.4, -0.2) is 26.1 Å². The first kappa shape index (κ1) is 11.7. The van der Waals surface area contributed by atoms with Crippen LogP contribution in [0.25, 0.3) is 0 Å². The molecule has 1 heterocycles. The van der Waals surface area contributed by atoms with Gasteiger partial charge < -0.3 is 20.3 Å². The van der Waals surface area contributed by atoms with Gasteiger partial charge in [0.2, 0.25) is 5.78 Å². The van der Waals surface area contributed by atoms with Crippen LogP contribution in [0.4, 0.5) is 0 Å². The summed E-state index contributed by atoms with van der Waals surface area (Å²) in [5.41, 5.74) is -0.939. The van der Waals surface area contributed by atoms with Gasteiger partial charge in [0.25, 0.3) is 0 Å². The Labute approximate surface area is 101 Å². The molecule has 0 fully saturated rings. The number of aromatic hydroxyl groups is 3. The predicted octanol–water partition coefficient (Wildman–Crippen LogP) is 0.723. The number of nitrogens with one attached hydrogen (secondary N) is 1. The van der Waals surface area contributed by atoms with Crippen LogP contribution in [-0.2, 0) is 0 Å². The maximum Gasteiger partial charge on any atom is 0.202 e. The summed E-state index contributed by atoms with van der Waals surface area (Å²) in [6, 6.07) is 2.91. The molecule has 0 amide bonds. The van der Waals surface area contributed by atoms with Crippen molar-refractivity contribution in [3.8, 4) is 17.2 Å². The summed E-state index contributed by atoms with van der Waals surface area (Å²) in [6.45, 7) is 0. The lowest BCUT2D eigenvalue weighted by Crippen LogP contribution is -2.15. The number of hydrogen-bond donors (Lipinski definition) is 4. The molecule has 4 N–H and O–H groups in total. The Morgan fingerprint density at radius 2 is 1.67 bits per heavy atom. The molecule has 2 rings (SSSR count). The lowest BCUT2D eigenvalue weighted by molar-refractivity contribution is 0.103. The third kappa shape index (κ3) is 1.91. The number of ketones is 1. The second-order valence-electron chi connectivity index (χ2n) is 3.61. The van der Waals surface area contributed by atoms with Gasteiger partial charge in [0.15, 0.2) is 16.9 Å². The minimum atomic E-state index is -0.746. The third-order valence-electron chi connectivity index (χ3n) is 2.41. The number of carbonyl (C=O) groups excluding carboxylic acids is 1. The number of hydrogen-bond acceptors (Lipinski definition) is 5. The molecule has 0 spiro atoms. The number of phenols is 3. The molecule has 0 radical (unpaired) electrons. The topological polar surface area (TPSA) is 111 Å². The van der Waals surface area contributed by atoms with E-state index in [1.807, 2.05) is 0 Å². The third-order valence-corrected chi connectivity index (χ3v) is 2.41. The van der Waals surface area contributed by atoms with Gasteiger partial charge in [0.1, 0.15) is 5.75 Å². The zero-order valence-corrected chi connectivity index (χ0v) is 9.04. The first-order chi connectivity index (χ1) is 8.50. The standard InChI is InChI=1S/C12H9NO5/c14-8-1-2-13-5-7(8)12(18)6-3-10(16)11(17)4-9(6)15/h1-5,15-17H,(H,13,14). The molecule has 0 aliphatic heterocycles. The van der Waals surface area contributed by atoms with Crippen molar-refractivity contribution >= 4 is 5.78 Å². The van der Waals surface area contributed by atoms with E-state index in [1.165, 1.54) is 18.5 Å². The van der Waals surface area contributed by atoms with Gasteiger partial charge in [-0.2, -0.15) is 0 Å². The highest BCUT2D eigenvalue weighted by Crippen LogP contribution is 2.32. The molecule has 1 aromatic heterocycles. The smallest absolute Gasteiger partial charge is 0.202 e. The van der Waals surface area contributed by atoms with E-state index >= 15 is 0 Å². The fourth-order valence-corrected chi connectivity index (χ4v) is 1.49. The number of rotatable bonds is 2. The molecule has 0 unspecified atom stereocenters. The van der Waals surface area contributed by atoms with Crippen LogP contribution < -0.4 is 5.43 Å². The van der Waals surface area contributed by atoms with Gasteiger partial charge in [0.05, 0.1) is 11.1 Å². The van der Waals surface area contributed by atoms with E-state index in [-0.39, 0.29) is 11.1 Å². The summed E-state index contributed by atoms with van der Waals surface area (Å²) in [7, 11) is 0. The van der Waals surface area contributed by atoms with Crippen LogP contribution in [0.15, 0.2) is 35.4 Å². The van der Waals surface area contributed by atoms with Crippen molar-refractivity contribution in [3.05, 3.63) is 51.9 Å². The minimum absolute atomic E-state index is 0.169. The van der Waals surface area contributed by atoms with Gasteiger partial charge in [0, 0.05) is 24.5 Å². The predicted molar refractivity (Wildman–Crippen MR) is 61.9 cm³/mol. The maximum atomic E-state index is 12.0. The molecule has 0 bridgehead atoms. The average molecular weight is 247 g/mol. The molecule has 1 aromatic carbocycles. The summed E-state index contributed by atoms with van der Waals surface area (Å²) in [6.07, 6.45) is 2.57. The highest BCUT2D eigenvalue weighted by molar-refractivity contribution is 6.10. The fourth-order valence-electron chi connectivity index (χ4n) is 1.49. The van der Waals surface area contributed by atoms with E-state index in [1.54, 1.807) is 0 Å². The molecule has 18 heavy (non-hydrogen) atoms. The van der Waals surface area contributed by atoms with Crippen molar-refractivity contribution in [2.24, 2.45) is 0 Å². The van der Waals surface area contributed by atoms with Crippen LogP contribution in [0.1, 0.15) is 15.9 Å². The molecule has 0 saturated carbocycles. The van der Waals surface area contributed by atoms with E-state index in [9.17, 15) is 19.8 Å². The first-order valence-corrected chi connectivity index (χ1v) is 4.97. The number of carbonyl (C=O) groups is 1. The quantitative estimate of drug-likeness (QED) is 0.355. The number of H-pyrrole nitrogens is 1. The largest absolute Gasteiger partial charge is 0.507 e. The van der Waals surface area contributed by atoms with Crippen LogP contribution >= 0.6 is 0 Å². The highest BCUT2D eigenvalue weighted by atomic mass is 16.3. The second-order valence-corrected chi connectivity index (χ2v) is 3.61. The summed E-state index contributed by atoms with van der Waals surface area (Å²) >= 11 is 0. The molecule has 0 aliphatic rings. The van der Waals surface area contributed by atoms with E-state index < -0.39 is 28.5 Å². The average Bonchev–Trinajstić information content (AvgIpc) is 2.33. The number of aromatic nitrogens is 1. The SMILES string of the molecule is O=C(c1cc(O)c(O)cc1O)c1c[nH]ccc1=O. The van der Waals surface area contributed by atoms with Crippen LogP contribution in [0.5, 0.6) is 17.2 Å². The van der Waals surface area contributed by atoms with E-state index in [2.05, 4.69) is 4.98 Å². The van der Waals surface area contributed by atoms with E-state index in [0.29, 0.717) is 0 Å². The monoisotopic (exact) mass is 247 g/mol. The molecule has 92 valence electrons. The summed E-state index contributed by atoms with van der Waals surface area (Å²) < 4.78 is 0. The Kier molecular flexibility index (Phi) is 2.77. The van der Waals surface area contributed by atoms with Crippen molar-refractivity contribution in [2.75, 3.05) is 0 Å². The number of phenolic OH excluding ortho intramolecular Hbond substituents is 3. The Balaban J connectivity index is 2.57. The number of aromatic amines is 1. The van der Waals surface area contributed by atoms with Gasteiger partial charge in [-0.25, -0.2) is 0 Å². The van der Waals surface area contributed by atoms with Gasteiger partial charge in [-0.1, -0.05) is 0 Å². The van der Waals surface area contributed by atoms with Crippen molar-refractivity contribution in [1.82, 2.24) is 4.98 Å². The minimum Gasteiger partial charge on any atom is -0.507 e. The van der Waals surface area contributed by atoms with Crippen molar-refractivity contribution < 1.29 is 20.1 Å². The lowest BCUT2D eigenvalue weighted by atomic mass is 10.0. The molecule has 6 heteroatoms. The number of pyridine rings is 1. The summed E-state index contributed by atoms with van der Waals surface area (Å²) in [5, 5.41) is 28.0. The highest BCUT2D eigenvalue weighted by Gasteiger charge is 2.18. The van der Waals surface area contributed by atoms with Crippen LogP contribution in [0.2, 0.25) is 0 Å².